The van der Waals surface area contributed by atoms with E-state index in [2.05, 4.69) is 30.4 Å². The van der Waals surface area contributed by atoms with Gasteiger partial charge >= 0.3 is 18.5 Å². The van der Waals surface area contributed by atoms with E-state index in [1.807, 2.05) is 0 Å². The molecule has 0 aliphatic heterocycles. The number of aromatic nitrogens is 1. The van der Waals surface area contributed by atoms with Gasteiger partial charge in [0, 0.05) is 10.9 Å². The lowest BCUT2D eigenvalue weighted by atomic mass is 10.1. The second kappa shape index (κ2) is 6.71. The molecular weight excluding hydrogens is 388 g/mol. The fourth-order valence-electron chi connectivity index (χ4n) is 1.49. The van der Waals surface area contributed by atoms with Gasteiger partial charge in [0.05, 0.1) is 13.5 Å². The molecule has 0 N–H and O–H groups in total. The molecule has 0 aliphatic rings. The summed E-state index contributed by atoms with van der Waals surface area (Å²) in [5.74, 6) is -2.22. The highest BCUT2D eigenvalue weighted by molar-refractivity contribution is 9.08. The molecule has 4 nitrogen and oxygen atoms in total. The molecule has 1 aromatic heterocycles. The Kier molecular flexibility index (Phi) is 5.65. The van der Waals surface area contributed by atoms with Gasteiger partial charge in [0.15, 0.2) is 5.69 Å². The number of methoxy groups -OCH3 is 1. The number of pyridine rings is 1. The van der Waals surface area contributed by atoms with Gasteiger partial charge in [0.25, 0.3) is 0 Å². The van der Waals surface area contributed by atoms with Gasteiger partial charge in [-0.1, -0.05) is 15.9 Å². The van der Waals surface area contributed by atoms with Crippen molar-refractivity contribution in [3.05, 3.63) is 22.9 Å². The van der Waals surface area contributed by atoms with Gasteiger partial charge in [-0.05, 0) is 11.6 Å². The fraction of sp³-hybridized carbons (Fsp3) is 0.455. The first kappa shape index (κ1) is 18.5. The van der Waals surface area contributed by atoms with Crippen LogP contribution in [0.3, 0.4) is 0 Å². The summed E-state index contributed by atoms with van der Waals surface area (Å²) in [6.45, 7) is 0. The highest BCUT2D eigenvalue weighted by Gasteiger charge is 2.39. The molecule has 1 heterocycles. The molecule has 0 amide bonds. The molecule has 0 aromatic carbocycles. The summed E-state index contributed by atoms with van der Waals surface area (Å²) in [5.41, 5.74) is -2.53. The van der Waals surface area contributed by atoms with Crippen molar-refractivity contribution in [2.45, 2.75) is 24.3 Å². The molecule has 1 aromatic rings. The summed E-state index contributed by atoms with van der Waals surface area (Å²) < 4.78 is 83.1. The Morgan fingerprint density at radius 3 is 2.23 bits per heavy atom. The molecular formula is C11H8BrF6NO3. The largest absolute Gasteiger partial charge is 0.574 e. The van der Waals surface area contributed by atoms with E-state index >= 15 is 0 Å². The summed E-state index contributed by atoms with van der Waals surface area (Å²) in [7, 11) is 0.968. The number of carbonyl (C=O) groups is 1. The molecule has 0 bridgehead atoms. The third kappa shape index (κ3) is 5.04. The van der Waals surface area contributed by atoms with E-state index in [0.717, 1.165) is 13.2 Å². The number of ether oxygens (including phenoxy) is 2. The monoisotopic (exact) mass is 395 g/mol. The summed E-state index contributed by atoms with van der Waals surface area (Å²) in [4.78, 5) is 14.0. The van der Waals surface area contributed by atoms with E-state index in [9.17, 15) is 31.1 Å². The first-order valence-corrected chi connectivity index (χ1v) is 6.58. The van der Waals surface area contributed by atoms with Gasteiger partial charge in [-0.25, -0.2) is 4.98 Å². The minimum Gasteiger partial charge on any atom is -0.469 e. The lowest BCUT2D eigenvalue weighted by Crippen LogP contribution is -2.22. The molecule has 11 heteroatoms. The van der Waals surface area contributed by atoms with Crippen LogP contribution in [0.4, 0.5) is 26.3 Å². The lowest BCUT2D eigenvalue weighted by Gasteiger charge is -2.17. The Balaban J connectivity index is 3.42. The highest BCUT2D eigenvalue weighted by Crippen LogP contribution is 2.36. The number of nitrogens with zero attached hydrogens (tertiary/aromatic N) is 1. The SMILES string of the molecule is COC(=O)Cc1cc(CBr)c(OC(F)(F)F)nc1C(F)(F)F. The smallest absolute Gasteiger partial charge is 0.469 e. The van der Waals surface area contributed by atoms with Crippen molar-refractivity contribution >= 4 is 21.9 Å². The number of halogens is 7. The van der Waals surface area contributed by atoms with Crippen LogP contribution in [0, 0.1) is 0 Å². The van der Waals surface area contributed by atoms with E-state index in [4.69, 9.17) is 0 Å². The average molecular weight is 396 g/mol. The van der Waals surface area contributed by atoms with E-state index < -0.39 is 42.1 Å². The standard InChI is InChI=1S/C11H8BrF6NO3/c1-21-7(20)3-5-2-6(4-12)9(22-11(16,17)18)19-8(5)10(13,14)15/h2H,3-4H2,1H3. The van der Waals surface area contributed by atoms with Crippen molar-refractivity contribution in [2.75, 3.05) is 7.11 Å². The number of hydrogen-bond donors (Lipinski definition) is 0. The quantitative estimate of drug-likeness (QED) is 0.444. The summed E-state index contributed by atoms with van der Waals surface area (Å²) in [5, 5.41) is -0.252. The maximum absolute atomic E-state index is 12.9. The van der Waals surface area contributed by atoms with E-state index in [-0.39, 0.29) is 10.9 Å². The molecule has 0 aliphatic carbocycles. The zero-order chi connectivity index (χ0) is 17.1. The minimum atomic E-state index is -5.20. The van der Waals surface area contributed by atoms with Crippen molar-refractivity contribution in [2.24, 2.45) is 0 Å². The fourth-order valence-corrected chi connectivity index (χ4v) is 1.89. The number of rotatable bonds is 4. The molecule has 22 heavy (non-hydrogen) atoms. The molecule has 0 fully saturated rings. The predicted octanol–water partition coefficient (Wildman–Crippen LogP) is 3.61. The summed E-state index contributed by atoms with van der Waals surface area (Å²) >= 11 is 2.82. The normalized spacial score (nSPS) is 12.2. The van der Waals surface area contributed by atoms with E-state index in [0.29, 0.717) is 0 Å². The Labute approximate surface area is 128 Å². The third-order valence-electron chi connectivity index (χ3n) is 2.33. The predicted molar refractivity (Wildman–Crippen MR) is 64.3 cm³/mol. The van der Waals surface area contributed by atoms with Crippen LogP contribution in [0.2, 0.25) is 0 Å². The van der Waals surface area contributed by atoms with Crippen molar-refractivity contribution < 1.29 is 40.6 Å². The van der Waals surface area contributed by atoms with Crippen LogP contribution in [-0.4, -0.2) is 24.4 Å². The Morgan fingerprint density at radius 2 is 1.82 bits per heavy atom. The van der Waals surface area contributed by atoms with Crippen LogP contribution in [0.25, 0.3) is 0 Å². The number of alkyl halides is 7. The zero-order valence-electron chi connectivity index (χ0n) is 10.8. The highest BCUT2D eigenvalue weighted by atomic mass is 79.9. The van der Waals surface area contributed by atoms with Gasteiger partial charge < -0.3 is 9.47 Å². The molecule has 1 rings (SSSR count). The summed E-state index contributed by atoms with van der Waals surface area (Å²) in [6, 6.07) is 0.766. The van der Waals surface area contributed by atoms with E-state index in [1.165, 1.54) is 0 Å². The molecule has 124 valence electrons. The van der Waals surface area contributed by atoms with Crippen LogP contribution in [0.15, 0.2) is 6.07 Å². The summed E-state index contributed by atoms with van der Waals surface area (Å²) in [6.07, 6.45) is -11.0. The maximum Gasteiger partial charge on any atom is 0.574 e. The van der Waals surface area contributed by atoms with Gasteiger partial charge in [-0.2, -0.15) is 13.2 Å². The first-order valence-electron chi connectivity index (χ1n) is 5.46. The molecule has 0 atom stereocenters. The molecule has 0 radical (unpaired) electrons. The minimum absolute atomic E-state index is 0.252. The second-order valence-electron chi connectivity index (χ2n) is 3.89. The van der Waals surface area contributed by atoms with Gasteiger partial charge in [0.2, 0.25) is 5.88 Å². The second-order valence-corrected chi connectivity index (χ2v) is 4.45. The van der Waals surface area contributed by atoms with Crippen LogP contribution in [0.1, 0.15) is 16.8 Å². The van der Waals surface area contributed by atoms with Gasteiger partial charge in [0.1, 0.15) is 0 Å². The Bertz CT molecular complexity index is 558. The molecule has 0 saturated heterocycles. The Morgan fingerprint density at radius 1 is 1.23 bits per heavy atom. The van der Waals surface area contributed by atoms with Crippen LogP contribution >= 0.6 is 15.9 Å². The van der Waals surface area contributed by atoms with Gasteiger partial charge in [-0.15, -0.1) is 13.2 Å². The van der Waals surface area contributed by atoms with Crippen molar-refractivity contribution in [1.29, 1.82) is 0 Å². The average Bonchev–Trinajstić information content (AvgIpc) is 2.36. The third-order valence-corrected chi connectivity index (χ3v) is 2.93. The van der Waals surface area contributed by atoms with Gasteiger partial charge in [-0.3, -0.25) is 4.79 Å². The number of esters is 1. The van der Waals surface area contributed by atoms with Crippen molar-refractivity contribution in [3.8, 4) is 5.88 Å². The Hall–Kier alpha value is -1.52. The van der Waals surface area contributed by atoms with Crippen molar-refractivity contribution in [3.63, 3.8) is 0 Å². The molecule has 0 spiro atoms. The first-order chi connectivity index (χ1) is 9.97. The maximum atomic E-state index is 12.9. The molecule has 0 saturated carbocycles. The number of carbonyl (C=O) groups excluding carboxylic acids is 1. The number of hydrogen-bond acceptors (Lipinski definition) is 4. The van der Waals surface area contributed by atoms with E-state index in [1.54, 1.807) is 0 Å². The zero-order valence-corrected chi connectivity index (χ0v) is 12.4. The van der Waals surface area contributed by atoms with Crippen LogP contribution in [0.5, 0.6) is 5.88 Å². The topological polar surface area (TPSA) is 48.4 Å². The lowest BCUT2D eigenvalue weighted by molar-refractivity contribution is -0.276. The van der Waals surface area contributed by atoms with Crippen molar-refractivity contribution in [1.82, 2.24) is 4.98 Å². The molecule has 0 unspecified atom stereocenters. The van der Waals surface area contributed by atoms with Crippen LogP contribution in [-0.2, 0) is 27.5 Å². The van der Waals surface area contributed by atoms with Crippen LogP contribution < -0.4 is 4.74 Å².